The van der Waals surface area contributed by atoms with Crippen LogP contribution < -0.4 is 19.3 Å². The van der Waals surface area contributed by atoms with E-state index in [0.29, 0.717) is 37.5 Å². The summed E-state index contributed by atoms with van der Waals surface area (Å²) >= 11 is 0. The number of carbonyl (C=O) groups excluding carboxylic acids is 1. The largest absolute Gasteiger partial charge is 0.495 e. The molecular weight excluding hydrogens is 556 g/mol. The first-order valence-electron chi connectivity index (χ1n) is 13.3. The smallest absolute Gasteiger partial charge is 0.416 e. The Balaban J connectivity index is 1.62. The number of methoxy groups -OCH3 is 3. The van der Waals surface area contributed by atoms with Crippen LogP contribution in [0.3, 0.4) is 0 Å². The van der Waals surface area contributed by atoms with E-state index >= 15 is 4.39 Å². The van der Waals surface area contributed by atoms with Crippen molar-refractivity contribution in [2.24, 2.45) is 4.99 Å². The average molecular weight is 587 g/mol. The Labute approximate surface area is 240 Å². The van der Waals surface area contributed by atoms with Gasteiger partial charge in [0.1, 0.15) is 23.0 Å². The van der Waals surface area contributed by atoms with Gasteiger partial charge in [0.25, 0.3) is 0 Å². The van der Waals surface area contributed by atoms with Gasteiger partial charge in [0.15, 0.2) is 0 Å². The summed E-state index contributed by atoms with van der Waals surface area (Å²) in [6, 6.07) is 14.1. The molecule has 8 nitrogen and oxygen atoms in total. The van der Waals surface area contributed by atoms with E-state index in [2.05, 4.69) is 9.89 Å². The van der Waals surface area contributed by atoms with Gasteiger partial charge in [0.2, 0.25) is 5.96 Å². The molecule has 1 saturated heterocycles. The number of fused-ring (bicyclic) bond motifs is 1. The van der Waals surface area contributed by atoms with Crippen molar-refractivity contribution >= 4 is 29.0 Å². The topological polar surface area (TPSA) is 66.8 Å². The van der Waals surface area contributed by atoms with Gasteiger partial charge in [-0.3, -0.25) is 4.79 Å². The highest BCUT2D eigenvalue weighted by Crippen LogP contribution is 2.46. The second kappa shape index (κ2) is 11.8. The van der Waals surface area contributed by atoms with E-state index in [0.717, 1.165) is 17.8 Å². The number of hydrogen-bond acceptors (Lipinski definition) is 8. The highest BCUT2D eigenvalue weighted by atomic mass is 19.4. The molecule has 0 radical (unpaired) electrons. The molecule has 12 heteroatoms. The lowest BCUT2D eigenvalue weighted by Crippen LogP contribution is -2.55. The van der Waals surface area contributed by atoms with Crippen LogP contribution in [0.25, 0.3) is 0 Å². The van der Waals surface area contributed by atoms with Crippen LogP contribution in [-0.4, -0.2) is 64.3 Å². The van der Waals surface area contributed by atoms with E-state index in [1.165, 1.54) is 37.3 Å². The number of para-hydroxylation sites is 3. The average Bonchev–Trinajstić information content (AvgIpc) is 3.00. The molecule has 2 heterocycles. The van der Waals surface area contributed by atoms with Gasteiger partial charge in [0, 0.05) is 31.7 Å². The lowest BCUT2D eigenvalue weighted by Gasteiger charge is -2.45. The molecule has 5 rings (SSSR count). The summed E-state index contributed by atoms with van der Waals surface area (Å²) in [5, 5.41) is 0. The van der Waals surface area contributed by atoms with Crippen molar-refractivity contribution in [3.63, 3.8) is 0 Å². The molecule has 2 aliphatic rings. The zero-order valence-electron chi connectivity index (χ0n) is 23.3. The normalized spacial score (nSPS) is 17.0. The van der Waals surface area contributed by atoms with Gasteiger partial charge in [-0.15, -0.1) is 0 Å². The summed E-state index contributed by atoms with van der Waals surface area (Å²) in [5.41, 5.74) is 0.413. The summed E-state index contributed by atoms with van der Waals surface area (Å²) in [4.78, 5) is 22.9. The van der Waals surface area contributed by atoms with Gasteiger partial charge in [-0.05, 0) is 36.4 Å². The number of carbonyl (C=O) groups is 1. The SMILES string of the molecule is COC(=O)CC1c2cccc(F)c2N=C(N2CCN(c3ccccc3OC)CC2)N1c1cc(C(F)(F)F)ccc1OC. The van der Waals surface area contributed by atoms with Crippen LogP contribution >= 0.6 is 0 Å². The molecule has 3 aromatic rings. The fourth-order valence-electron chi connectivity index (χ4n) is 5.39. The predicted octanol–water partition coefficient (Wildman–Crippen LogP) is 5.80. The number of hydrogen-bond donors (Lipinski definition) is 0. The van der Waals surface area contributed by atoms with Gasteiger partial charge in [-0.2, -0.15) is 13.2 Å². The van der Waals surface area contributed by atoms with E-state index in [1.54, 1.807) is 13.2 Å². The monoisotopic (exact) mass is 586 g/mol. The van der Waals surface area contributed by atoms with Crippen molar-refractivity contribution in [1.29, 1.82) is 0 Å². The highest BCUT2D eigenvalue weighted by molar-refractivity contribution is 6.02. The zero-order chi connectivity index (χ0) is 30.0. The standard InChI is InChI=1S/C30H30F4N4O4/c1-40-25-10-5-4-9-22(25)36-13-15-37(16-14-36)29-35-28-20(7-6-8-21(28)31)23(18-27(39)42-3)38(29)24-17-19(30(32,33)34)11-12-26(24)41-2/h4-12,17,23H,13-16,18H2,1-3H3. The van der Waals surface area contributed by atoms with Gasteiger partial charge < -0.3 is 28.9 Å². The van der Waals surface area contributed by atoms with Gasteiger partial charge >= 0.3 is 12.1 Å². The molecule has 0 amide bonds. The maximum atomic E-state index is 15.2. The quantitative estimate of drug-likeness (QED) is 0.267. The molecular formula is C30H30F4N4O4. The van der Waals surface area contributed by atoms with Crippen LogP contribution in [0.1, 0.15) is 23.6 Å². The van der Waals surface area contributed by atoms with Crippen LogP contribution in [0.2, 0.25) is 0 Å². The molecule has 2 aliphatic heterocycles. The molecule has 3 aromatic carbocycles. The van der Waals surface area contributed by atoms with Crippen molar-refractivity contribution in [2.45, 2.75) is 18.6 Å². The molecule has 0 spiro atoms. The fraction of sp³-hybridized carbons (Fsp3) is 0.333. The third-order valence-corrected chi connectivity index (χ3v) is 7.46. The summed E-state index contributed by atoms with van der Waals surface area (Å²) in [6.45, 7) is 1.87. The van der Waals surface area contributed by atoms with E-state index in [-0.39, 0.29) is 29.5 Å². The number of piperazine rings is 1. The molecule has 0 N–H and O–H groups in total. The van der Waals surface area contributed by atoms with Gasteiger partial charge in [-0.25, -0.2) is 9.38 Å². The Morgan fingerprint density at radius 2 is 1.55 bits per heavy atom. The van der Waals surface area contributed by atoms with E-state index in [9.17, 15) is 18.0 Å². The molecule has 0 bridgehead atoms. The third-order valence-electron chi connectivity index (χ3n) is 7.46. The molecule has 1 atom stereocenters. The van der Waals surface area contributed by atoms with E-state index in [1.807, 2.05) is 29.2 Å². The number of guanidine groups is 1. The molecule has 222 valence electrons. The van der Waals surface area contributed by atoms with Crippen LogP contribution in [0.4, 0.5) is 34.6 Å². The molecule has 0 saturated carbocycles. The van der Waals surface area contributed by atoms with Crippen molar-refractivity contribution in [2.75, 3.05) is 57.3 Å². The predicted molar refractivity (Wildman–Crippen MR) is 150 cm³/mol. The maximum absolute atomic E-state index is 15.2. The Bertz CT molecular complexity index is 1490. The number of nitrogens with zero attached hydrogens (tertiary/aromatic N) is 4. The lowest BCUT2D eigenvalue weighted by atomic mass is 9.96. The number of anilines is 2. The first-order chi connectivity index (χ1) is 20.2. The zero-order valence-corrected chi connectivity index (χ0v) is 23.3. The lowest BCUT2D eigenvalue weighted by molar-refractivity contribution is -0.141. The van der Waals surface area contributed by atoms with Crippen molar-refractivity contribution in [1.82, 2.24) is 4.90 Å². The first kappa shape index (κ1) is 29.0. The van der Waals surface area contributed by atoms with Crippen molar-refractivity contribution in [3.05, 3.63) is 77.6 Å². The number of alkyl halides is 3. The Hall–Kier alpha value is -4.48. The molecule has 0 aromatic heterocycles. The van der Waals surface area contributed by atoms with Gasteiger partial charge in [-0.1, -0.05) is 24.3 Å². The second-order valence-corrected chi connectivity index (χ2v) is 9.79. The minimum absolute atomic E-state index is 0.0238. The number of benzene rings is 3. The van der Waals surface area contributed by atoms with E-state index in [4.69, 9.17) is 14.2 Å². The van der Waals surface area contributed by atoms with Gasteiger partial charge in [0.05, 0.1) is 50.7 Å². The van der Waals surface area contributed by atoms with Crippen LogP contribution in [0.5, 0.6) is 11.5 Å². The van der Waals surface area contributed by atoms with Crippen molar-refractivity contribution < 1.29 is 36.6 Å². The number of ether oxygens (including phenoxy) is 3. The summed E-state index contributed by atoms with van der Waals surface area (Å²) in [7, 11) is 4.17. The maximum Gasteiger partial charge on any atom is 0.416 e. The first-order valence-corrected chi connectivity index (χ1v) is 13.3. The van der Waals surface area contributed by atoms with Crippen LogP contribution in [-0.2, 0) is 15.7 Å². The number of halogens is 4. The molecule has 42 heavy (non-hydrogen) atoms. The van der Waals surface area contributed by atoms with Crippen molar-refractivity contribution in [3.8, 4) is 11.5 Å². The number of rotatable bonds is 6. The summed E-state index contributed by atoms with van der Waals surface area (Å²) in [5.74, 6) is -0.168. The highest BCUT2D eigenvalue weighted by Gasteiger charge is 2.40. The number of esters is 1. The molecule has 1 fully saturated rings. The minimum atomic E-state index is -4.64. The van der Waals surface area contributed by atoms with Crippen LogP contribution in [0, 0.1) is 5.82 Å². The minimum Gasteiger partial charge on any atom is -0.495 e. The molecule has 1 unspecified atom stereocenters. The number of aliphatic imine (C=N–C) groups is 1. The Morgan fingerprint density at radius 1 is 0.881 bits per heavy atom. The summed E-state index contributed by atoms with van der Waals surface area (Å²) in [6.07, 6.45) is -4.91. The Morgan fingerprint density at radius 3 is 2.21 bits per heavy atom. The Kier molecular flexibility index (Phi) is 8.15. The van der Waals surface area contributed by atoms with Crippen LogP contribution in [0.15, 0.2) is 65.7 Å². The third kappa shape index (κ3) is 5.53. The second-order valence-electron chi connectivity index (χ2n) is 9.79. The fourth-order valence-corrected chi connectivity index (χ4v) is 5.39. The summed E-state index contributed by atoms with van der Waals surface area (Å²) < 4.78 is 72.9. The molecule has 0 aliphatic carbocycles. The van der Waals surface area contributed by atoms with E-state index < -0.39 is 29.6 Å².